The Hall–Kier alpha value is -1.10. The molecule has 0 bridgehead atoms. The van der Waals surface area contributed by atoms with Crippen molar-refractivity contribution < 1.29 is 9.59 Å². The fourth-order valence-electron chi connectivity index (χ4n) is 1.99. The molecule has 2 fully saturated rings. The van der Waals surface area contributed by atoms with Gasteiger partial charge in [0.1, 0.15) is 6.04 Å². The molecule has 0 aromatic rings. The van der Waals surface area contributed by atoms with Gasteiger partial charge in [0.2, 0.25) is 11.8 Å². The van der Waals surface area contributed by atoms with Crippen molar-refractivity contribution in [3.8, 4) is 0 Å². The molecule has 2 amide bonds. The van der Waals surface area contributed by atoms with Gasteiger partial charge in [-0.3, -0.25) is 15.0 Å². The average Bonchev–Trinajstić information content (AvgIpc) is 2.75. The number of amides is 2. The first-order valence-corrected chi connectivity index (χ1v) is 5.10. The molecule has 78 valence electrons. The molecule has 1 saturated heterocycles. The summed E-state index contributed by atoms with van der Waals surface area (Å²) in [6.07, 6.45) is 4.78. The van der Waals surface area contributed by atoms with Gasteiger partial charge in [0.05, 0.1) is 6.42 Å². The Morgan fingerprint density at radius 2 is 2.07 bits per heavy atom. The van der Waals surface area contributed by atoms with Crippen LogP contribution in [0.2, 0.25) is 0 Å². The lowest BCUT2D eigenvalue weighted by Crippen LogP contribution is -2.46. The Morgan fingerprint density at radius 3 is 2.64 bits per heavy atom. The molecule has 1 aliphatic carbocycles. The van der Waals surface area contributed by atoms with Crippen LogP contribution in [-0.4, -0.2) is 23.9 Å². The molecule has 5 nitrogen and oxygen atoms in total. The van der Waals surface area contributed by atoms with Gasteiger partial charge in [0.25, 0.3) is 0 Å². The van der Waals surface area contributed by atoms with Gasteiger partial charge in [0, 0.05) is 6.04 Å². The van der Waals surface area contributed by atoms with Crippen molar-refractivity contribution in [1.82, 2.24) is 16.2 Å². The normalized spacial score (nSPS) is 27.7. The molecule has 1 heterocycles. The van der Waals surface area contributed by atoms with E-state index >= 15 is 0 Å². The van der Waals surface area contributed by atoms with E-state index in [0.717, 1.165) is 12.8 Å². The van der Waals surface area contributed by atoms with Gasteiger partial charge < -0.3 is 5.32 Å². The molecular formula is C9H15N3O2. The summed E-state index contributed by atoms with van der Waals surface area (Å²) in [6.45, 7) is 0. The van der Waals surface area contributed by atoms with Crippen LogP contribution in [0.4, 0.5) is 0 Å². The van der Waals surface area contributed by atoms with E-state index in [0.29, 0.717) is 6.04 Å². The molecule has 0 spiro atoms. The second-order valence-corrected chi connectivity index (χ2v) is 3.94. The summed E-state index contributed by atoms with van der Waals surface area (Å²) >= 11 is 0. The molecule has 0 aromatic carbocycles. The standard InChI is InChI=1S/C9H15N3O2/c13-8-5-7(11-12-8)9(14)10-6-3-1-2-4-6/h6-7,11H,1-5H2,(H,10,14)(H,12,13). The smallest absolute Gasteiger partial charge is 0.239 e. The monoisotopic (exact) mass is 197 g/mol. The third-order valence-corrected chi connectivity index (χ3v) is 2.79. The zero-order chi connectivity index (χ0) is 9.97. The average molecular weight is 197 g/mol. The second-order valence-electron chi connectivity index (χ2n) is 3.94. The van der Waals surface area contributed by atoms with Gasteiger partial charge >= 0.3 is 0 Å². The molecule has 3 N–H and O–H groups in total. The maximum atomic E-state index is 11.6. The first-order valence-electron chi connectivity index (χ1n) is 5.10. The van der Waals surface area contributed by atoms with Crippen molar-refractivity contribution in [3.63, 3.8) is 0 Å². The Bertz CT molecular complexity index is 248. The zero-order valence-corrected chi connectivity index (χ0v) is 8.01. The number of hydrogen-bond acceptors (Lipinski definition) is 3. The van der Waals surface area contributed by atoms with Crippen molar-refractivity contribution in [1.29, 1.82) is 0 Å². The van der Waals surface area contributed by atoms with Gasteiger partial charge in [-0.15, -0.1) is 0 Å². The minimum atomic E-state index is -0.386. The number of hydrogen-bond donors (Lipinski definition) is 3. The van der Waals surface area contributed by atoms with E-state index in [1.807, 2.05) is 0 Å². The third kappa shape index (κ3) is 2.04. The molecule has 14 heavy (non-hydrogen) atoms. The lowest BCUT2D eigenvalue weighted by molar-refractivity contribution is -0.125. The molecule has 0 aromatic heterocycles. The van der Waals surface area contributed by atoms with E-state index < -0.39 is 0 Å². The van der Waals surface area contributed by atoms with E-state index in [-0.39, 0.29) is 24.3 Å². The fourth-order valence-corrected chi connectivity index (χ4v) is 1.99. The van der Waals surface area contributed by atoms with Crippen LogP contribution in [-0.2, 0) is 9.59 Å². The molecular weight excluding hydrogens is 182 g/mol. The van der Waals surface area contributed by atoms with Crippen molar-refractivity contribution >= 4 is 11.8 Å². The molecule has 0 radical (unpaired) electrons. The van der Waals surface area contributed by atoms with Crippen LogP contribution in [0.3, 0.4) is 0 Å². The molecule has 5 heteroatoms. The third-order valence-electron chi connectivity index (χ3n) is 2.79. The van der Waals surface area contributed by atoms with E-state index in [1.54, 1.807) is 0 Å². The van der Waals surface area contributed by atoms with E-state index in [1.165, 1.54) is 12.8 Å². The Labute approximate surface area is 82.6 Å². The summed E-state index contributed by atoms with van der Waals surface area (Å²) in [6, 6.07) is -0.0666. The van der Waals surface area contributed by atoms with Crippen LogP contribution in [0, 0.1) is 0 Å². The highest BCUT2D eigenvalue weighted by Crippen LogP contribution is 2.17. The maximum absolute atomic E-state index is 11.6. The van der Waals surface area contributed by atoms with Crippen molar-refractivity contribution in [3.05, 3.63) is 0 Å². The lowest BCUT2D eigenvalue weighted by Gasteiger charge is -2.14. The van der Waals surface area contributed by atoms with Gasteiger partial charge in [-0.2, -0.15) is 0 Å². The molecule has 2 rings (SSSR count). The fraction of sp³-hybridized carbons (Fsp3) is 0.778. The minimum absolute atomic E-state index is 0.0600. The molecule has 1 aliphatic heterocycles. The first-order chi connectivity index (χ1) is 6.75. The Kier molecular flexibility index (Phi) is 2.67. The summed E-state index contributed by atoms with van der Waals surface area (Å²) in [7, 11) is 0. The summed E-state index contributed by atoms with van der Waals surface area (Å²) in [5, 5.41) is 2.95. The van der Waals surface area contributed by atoms with E-state index in [2.05, 4.69) is 16.2 Å². The summed E-state index contributed by atoms with van der Waals surface area (Å²) in [5.74, 6) is -0.174. The van der Waals surface area contributed by atoms with Crippen LogP contribution >= 0.6 is 0 Å². The van der Waals surface area contributed by atoms with Gasteiger partial charge in [-0.05, 0) is 12.8 Å². The predicted octanol–water partition coefficient (Wildman–Crippen LogP) is -0.562. The topological polar surface area (TPSA) is 70.2 Å². The van der Waals surface area contributed by atoms with E-state index in [4.69, 9.17) is 0 Å². The van der Waals surface area contributed by atoms with Gasteiger partial charge in [-0.1, -0.05) is 12.8 Å². The van der Waals surface area contributed by atoms with Crippen LogP contribution in [0.25, 0.3) is 0 Å². The molecule has 2 aliphatic rings. The Morgan fingerprint density at radius 1 is 1.36 bits per heavy atom. The summed E-state index contributed by atoms with van der Waals surface area (Å²) < 4.78 is 0. The van der Waals surface area contributed by atoms with Crippen LogP contribution in [0.5, 0.6) is 0 Å². The Balaban J connectivity index is 1.80. The highest BCUT2D eigenvalue weighted by molar-refractivity contribution is 5.90. The first kappa shape index (κ1) is 9.45. The van der Waals surface area contributed by atoms with Gasteiger partial charge in [0.15, 0.2) is 0 Å². The van der Waals surface area contributed by atoms with Crippen molar-refractivity contribution in [2.24, 2.45) is 0 Å². The van der Waals surface area contributed by atoms with Gasteiger partial charge in [-0.25, -0.2) is 5.43 Å². The highest BCUT2D eigenvalue weighted by Gasteiger charge is 2.29. The number of nitrogens with one attached hydrogen (secondary N) is 3. The summed E-state index contributed by atoms with van der Waals surface area (Å²) in [4.78, 5) is 22.4. The molecule has 1 atom stereocenters. The summed E-state index contributed by atoms with van der Waals surface area (Å²) in [5.41, 5.74) is 5.09. The SMILES string of the molecule is O=C1CC(C(=O)NC2CCCC2)NN1. The maximum Gasteiger partial charge on any atom is 0.239 e. The van der Waals surface area contributed by atoms with Crippen molar-refractivity contribution in [2.45, 2.75) is 44.2 Å². The minimum Gasteiger partial charge on any atom is -0.352 e. The predicted molar refractivity (Wildman–Crippen MR) is 50.1 cm³/mol. The van der Waals surface area contributed by atoms with Crippen LogP contribution < -0.4 is 16.2 Å². The quantitative estimate of drug-likeness (QED) is 0.555. The number of rotatable bonds is 2. The molecule has 1 unspecified atom stereocenters. The number of carbonyl (C=O) groups excluding carboxylic acids is 2. The van der Waals surface area contributed by atoms with Crippen molar-refractivity contribution in [2.75, 3.05) is 0 Å². The van der Waals surface area contributed by atoms with Crippen LogP contribution in [0.15, 0.2) is 0 Å². The molecule has 1 saturated carbocycles. The van der Waals surface area contributed by atoms with Crippen LogP contribution in [0.1, 0.15) is 32.1 Å². The van der Waals surface area contributed by atoms with E-state index in [9.17, 15) is 9.59 Å². The number of carbonyl (C=O) groups is 2. The second kappa shape index (κ2) is 3.96. The largest absolute Gasteiger partial charge is 0.352 e. The highest BCUT2D eigenvalue weighted by atomic mass is 16.2. The number of hydrazine groups is 1. The zero-order valence-electron chi connectivity index (χ0n) is 8.01. The lowest BCUT2D eigenvalue weighted by atomic mass is 10.2.